The Kier molecular flexibility index (Phi) is 7.35. The number of hydrogen-bond donors (Lipinski definition) is 1. The molecule has 4 aromatic rings. The number of ether oxygens (including phenoxy) is 1. The first kappa shape index (κ1) is 24.4. The van der Waals surface area contributed by atoms with E-state index < -0.39 is 0 Å². The zero-order chi connectivity index (χ0) is 25.6. The number of hydrogen-bond acceptors (Lipinski definition) is 7. The van der Waals surface area contributed by atoms with Crippen LogP contribution in [0.3, 0.4) is 0 Å². The van der Waals surface area contributed by atoms with Crippen LogP contribution in [-0.4, -0.2) is 50.2 Å². The van der Waals surface area contributed by atoms with Gasteiger partial charge in [0.25, 0.3) is 0 Å². The normalized spacial score (nSPS) is 13.4. The minimum absolute atomic E-state index is 0.191. The Hall–Kier alpha value is -4.33. The summed E-state index contributed by atoms with van der Waals surface area (Å²) >= 11 is 0. The van der Waals surface area contributed by atoms with E-state index in [0.717, 1.165) is 22.8 Å². The Labute approximate surface area is 217 Å². The molecule has 1 N–H and O–H groups in total. The van der Waals surface area contributed by atoms with Gasteiger partial charge in [-0.1, -0.05) is 48.5 Å². The first-order chi connectivity index (χ1) is 18.0. The number of halogens is 1. The summed E-state index contributed by atoms with van der Waals surface area (Å²) in [5, 5.41) is 3.41. The van der Waals surface area contributed by atoms with E-state index in [1.165, 1.54) is 6.07 Å². The minimum Gasteiger partial charge on any atom is -0.489 e. The van der Waals surface area contributed by atoms with Gasteiger partial charge in [0.1, 0.15) is 29.8 Å². The molecule has 7 nitrogen and oxygen atoms in total. The Balaban J connectivity index is 1.29. The molecule has 0 spiro atoms. The number of anilines is 5. The fourth-order valence-electron chi connectivity index (χ4n) is 4.26. The smallest absolute Gasteiger partial charge is 0.229 e. The highest BCUT2D eigenvalue weighted by atomic mass is 19.1. The van der Waals surface area contributed by atoms with Crippen molar-refractivity contribution in [2.75, 3.05) is 60.3 Å². The second-order valence-electron chi connectivity index (χ2n) is 9.16. The van der Waals surface area contributed by atoms with E-state index in [1.54, 1.807) is 6.07 Å². The molecule has 1 aliphatic heterocycles. The summed E-state index contributed by atoms with van der Waals surface area (Å²) in [4.78, 5) is 15.8. The lowest BCUT2D eigenvalue weighted by atomic mass is 10.2. The molecule has 1 aliphatic rings. The van der Waals surface area contributed by atoms with Crippen LogP contribution < -0.4 is 24.8 Å². The first-order valence-electron chi connectivity index (χ1n) is 12.4. The molecule has 1 aromatic heterocycles. The van der Waals surface area contributed by atoms with Gasteiger partial charge in [-0.3, -0.25) is 0 Å². The highest BCUT2D eigenvalue weighted by molar-refractivity contribution is 5.63. The third-order valence-electron chi connectivity index (χ3n) is 6.27. The maximum atomic E-state index is 14.3. The molecular formula is C29H31FN6O. The third kappa shape index (κ3) is 6.09. The van der Waals surface area contributed by atoms with Gasteiger partial charge < -0.3 is 24.8 Å². The lowest BCUT2D eigenvalue weighted by Gasteiger charge is -2.36. The van der Waals surface area contributed by atoms with E-state index in [1.807, 2.05) is 91.8 Å². The maximum Gasteiger partial charge on any atom is 0.229 e. The average molecular weight is 499 g/mol. The van der Waals surface area contributed by atoms with Crippen LogP contribution >= 0.6 is 0 Å². The predicted octanol–water partition coefficient (Wildman–Crippen LogP) is 5.33. The predicted molar refractivity (Wildman–Crippen MR) is 148 cm³/mol. The zero-order valence-corrected chi connectivity index (χ0v) is 21.1. The van der Waals surface area contributed by atoms with Crippen LogP contribution in [0.15, 0.2) is 84.9 Å². The van der Waals surface area contributed by atoms with Gasteiger partial charge in [-0.2, -0.15) is 9.97 Å². The quantitative estimate of drug-likeness (QED) is 0.352. The van der Waals surface area contributed by atoms with Gasteiger partial charge in [0, 0.05) is 58.1 Å². The standard InChI is InChI=1S/C29H31FN6O/c1-34(2)28-20-27(31-23-11-8-12-24(19-23)37-21-22-9-4-3-5-10-22)32-29(33-28)36-17-15-35(16-18-36)26-14-7-6-13-25(26)30/h3-14,19-20H,15-18,21H2,1-2H3,(H,31,32,33). The molecule has 190 valence electrons. The van der Waals surface area contributed by atoms with Gasteiger partial charge in [0.2, 0.25) is 5.95 Å². The van der Waals surface area contributed by atoms with E-state index >= 15 is 0 Å². The molecule has 0 unspecified atom stereocenters. The molecule has 3 aromatic carbocycles. The summed E-state index contributed by atoms with van der Waals surface area (Å²) in [5.41, 5.74) is 2.64. The van der Waals surface area contributed by atoms with Crippen LogP contribution in [0.1, 0.15) is 5.56 Å². The average Bonchev–Trinajstić information content (AvgIpc) is 2.93. The molecule has 0 aliphatic carbocycles. The van der Waals surface area contributed by atoms with Gasteiger partial charge in [-0.15, -0.1) is 0 Å². The highest BCUT2D eigenvalue weighted by Crippen LogP contribution is 2.27. The Morgan fingerprint density at radius 1 is 0.838 bits per heavy atom. The van der Waals surface area contributed by atoms with Gasteiger partial charge >= 0.3 is 0 Å². The fraction of sp³-hybridized carbons (Fsp3) is 0.241. The maximum absolute atomic E-state index is 14.3. The van der Waals surface area contributed by atoms with Crippen molar-refractivity contribution in [3.63, 3.8) is 0 Å². The van der Waals surface area contributed by atoms with E-state index in [4.69, 9.17) is 14.7 Å². The van der Waals surface area contributed by atoms with Crippen LogP contribution in [-0.2, 0) is 6.61 Å². The number of nitrogens with zero attached hydrogens (tertiary/aromatic N) is 5. The summed E-state index contributed by atoms with van der Waals surface area (Å²) in [5.74, 6) is 2.74. The molecule has 0 radical (unpaired) electrons. The molecule has 1 fully saturated rings. The summed E-state index contributed by atoms with van der Waals surface area (Å²) < 4.78 is 20.2. The number of rotatable bonds is 8. The topological polar surface area (TPSA) is 56.8 Å². The van der Waals surface area contributed by atoms with Crippen molar-refractivity contribution in [1.29, 1.82) is 0 Å². The van der Waals surface area contributed by atoms with E-state index in [9.17, 15) is 4.39 Å². The molecule has 0 atom stereocenters. The molecule has 1 saturated heterocycles. The Morgan fingerprint density at radius 3 is 2.32 bits per heavy atom. The van der Waals surface area contributed by atoms with Gasteiger partial charge in [0.05, 0.1) is 5.69 Å². The van der Waals surface area contributed by atoms with Crippen molar-refractivity contribution >= 4 is 29.0 Å². The summed E-state index contributed by atoms with van der Waals surface area (Å²) in [6.45, 7) is 3.30. The van der Waals surface area contributed by atoms with Crippen molar-refractivity contribution in [2.24, 2.45) is 0 Å². The summed E-state index contributed by atoms with van der Waals surface area (Å²) in [7, 11) is 3.92. The van der Waals surface area contributed by atoms with Crippen LogP contribution in [0.25, 0.3) is 0 Å². The van der Waals surface area contributed by atoms with E-state index in [-0.39, 0.29) is 5.82 Å². The van der Waals surface area contributed by atoms with Crippen molar-refractivity contribution < 1.29 is 9.13 Å². The van der Waals surface area contributed by atoms with Crippen molar-refractivity contribution in [2.45, 2.75) is 6.61 Å². The van der Waals surface area contributed by atoms with Crippen molar-refractivity contribution in [3.05, 3.63) is 96.3 Å². The number of aromatic nitrogens is 2. The minimum atomic E-state index is -0.191. The SMILES string of the molecule is CN(C)c1cc(Nc2cccc(OCc3ccccc3)c2)nc(N2CCN(c3ccccc3F)CC2)n1. The molecule has 8 heteroatoms. The summed E-state index contributed by atoms with van der Waals surface area (Å²) in [6, 6.07) is 26.8. The lowest BCUT2D eigenvalue weighted by molar-refractivity contribution is 0.306. The van der Waals surface area contributed by atoms with E-state index in [0.29, 0.717) is 50.2 Å². The highest BCUT2D eigenvalue weighted by Gasteiger charge is 2.22. The second kappa shape index (κ2) is 11.2. The van der Waals surface area contributed by atoms with Crippen LogP contribution in [0.4, 0.5) is 33.3 Å². The number of piperazine rings is 1. The number of nitrogens with one attached hydrogen (secondary N) is 1. The number of benzene rings is 3. The first-order valence-corrected chi connectivity index (χ1v) is 12.4. The number of para-hydroxylation sites is 1. The molecule has 0 amide bonds. The molecule has 5 rings (SSSR count). The van der Waals surface area contributed by atoms with Crippen LogP contribution in [0.2, 0.25) is 0 Å². The molecule has 2 heterocycles. The molecule has 0 saturated carbocycles. The van der Waals surface area contributed by atoms with Crippen LogP contribution in [0, 0.1) is 5.82 Å². The lowest BCUT2D eigenvalue weighted by Crippen LogP contribution is -2.47. The molecular weight excluding hydrogens is 467 g/mol. The second-order valence-corrected chi connectivity index (χ2v) is 9.16. The van der Waals surface area contributed by atoms with Crippen molar-refractivity contribution in [1.82, 2.24) is 9.97 Å². The Bertz CT molecular complexity index is 1330. The van der Waals surface area contributed by atoms with Crippen LogP contribution in [0.5, 0.6) is 5.75 Å². The largest absolute Gasteiger partial charge is 0.489 e. The zero-order valence-electron chi connectivity index (χ0n) is 21.1. The van der Waals surface area contributed by atoms with E-state index in [2.05, 4.69) is 15.1 Å². The van der Waals surface area contributed by atoms with Crippen molar-refractivity contribution in [3.8, 4) is 5.75 Å². The van der Waals surface area contributed by atoms with Gasteiger partial charge in [0.15, 0.2) is 0 Å². The molecule has 0 bridgehead atoms. The third-order valence-corrected chi connectivity index (χ3v) is 6.27. The fourth-order valence-corrected chi connectivity index (χ4v) is 4.26. The van der Waals surface area contributed by atoms with Gasteiger partial charge in [-0.25, -0.2) is 4.39 Å². The summed E-state index contributed by atoms with van der Waals surface area (Å²) in [6.07, 6.45) is 0. The Morgan fingerprint density at radius 2 is 1.57 bits per heavy atom. The monoisotopic (exact) mass is 498 g/mol. The molecule has 37 heavy (non-hydrogen) atoms. The van der Waals surface area contributed by atoms with Gasteiger partial charge in [-0.05, 0) is 29.8 Å².